The van der Waals surface area contributed by atoms with Gasteiger partial charge in [0.1, 0.15) is 12.3 Å². The highest BCUT2D eigenvalue weighted by Crippen LogP contribution is 2.25. The van der Waals surface area contributed by atoms with Gasteiger partial charge in [-0.25, -0.2) is 8.42 Å². The number of carbonyl (C=O) groups excluding carboxylic acids is 1. The summed E-state index contributed by atoms with van der Waals surface area (Å²) in [5, 5.41) is 2.86. The zero-order valence-electron chi connectivity index (χ0n) is 20.1. The van der Waals surface area contributed by atoms with Crippen molar-refractivity contribution in [2.75, 3.05) is 29.8 Å². The lowest BCUT2D eigenvalue weighted by Crippen LogP contribution is -2.41. The van der Waals surface area contributed by atoms with E-state index in [0.717, 1.165) is 22.2 Å². The van der Waals surface area contributed by atoms with Crippen LogP contribution in [0.1, 0.15) is 24.5 Å². The van der Waals surface area contributed by atoms with E-state index in [-0.39, 0.29) is 17.3 Å². The summed E-state index contributed by atoms with van der Waals surface area (Å²) in [6.45, 7) is 4.66. The molecule has 0 aliphatic carbocycles. The Morgan fingerprint density at radius 1 is 1.00 bits per heavy atom. The van der Waals surface area contributed by atoms with Gasteiger partial charge < -0.3 is 10.1 Å². The average Bonchev–Trinajstić information content (AvgIpc) is 2.86. The summed E-state index contributed by atoms with van der Waals surface area (Å²) in [5.41, 5.74) is 2.94. The number of rotatable bonds is 13. The van der Waals surface area contributed by atoms with Gasteiger partial charge in [0, 0.05) is 12.3 Å². The second-order valence-corrected chi connectivity index (χ2v) is 11.0. The van der Waals surface area contributed by atoms with Crippen molar-refractivity contribution in [2.45, 2.75) is 30.9 Å². The van der Waals surface area contributed by atoms with E-state index in [2.05, 4.69) is 36.5 Å². The molecule has 8 heteroatoms. The molecule has 0 aromatic heterocycles. The van der Waals surface area contributed by atoms with Crippen molar-refractivity contribution in [1.29, 1.82) is 0 Å². The Morgan fingerprint density at radius 2 is 1.74 bits per heavy atom. The van der Waals surface area contributed by atoms with Crippen LogP contribution in [0.4, 0.5) is 5.69 Å². The first-order chi connectivity index (χ1) is 16.9. The third-order valence-electron chi connectivity index (χ3n) is 5.19. The van der Waals surface area contributed by atoms with Gasteiger partial charge in [0.25, 0.3) is 10.0 Å². The predicted octanol–water partition coefficient (Wildman–Crippen LogP) is 5.03. The molecule has 1 N–H and O–H groups in total. The Balaban J connectivity index is 1.59. The number of nitrogens with one attached hydrogen (secondary N) is 1. The fourth-order valence-electron chi connectivity index (χ4n) is 3.49. The van der Waals surface area contributed by atoms with Crippen molar-refractivity contribution in [1.82, 2.24) is 5.32 Å². The van der Waals surface area contributed by atoms with Crippen LogP contribution in [-0.2, 0) is 20.6 Å². The number of benzene rings is 3. The number of carbonyl (C=O) groups is 1. The minimum Gasteiger partial charge on any atom is -0.494 e. The monoisotopic (exact) mass is 512 g/mol. The van der Waals surface area contributed by atoms with E-state index >= 15 is 0 Å². The quantitative estimate of drug-likeness (QED) is 0.325. The summed E-state index contributed by atoms with van der Waals surface area (Å²) in [5.74, 6) is 2.12. The SMILES string of the molecule is CCOc1ccc(N(CC(=O)NCCCSCc2cccc(C)c2)S(=O)(=O)c2ccccc2)cc1. The molecule has 3 aromatic rings. The molecule has 0 bridgehead atoms. The van der Waals surface area contributed by atoms with Gasteiger partial charge in [0.15, 0.2) is 0 Å². The molecular formula is C27H32N2O4S2. The number of hydrogen-bond donors (Lipinski definition) is 1. The van der Waals surface area contributed by atoms with E-state index in [1.54, 1.807) is 42.5 Å². The number of anilines is 1. The van der Waals surface area contributed by atoms with Crippen molar-refractivity contribution in [3.8, 4) is 5.75 Å². The van der Waals surface area contributed by atoms with Gasteiger partial charge in [0.2, 0.25) is 5.91 Å². The molecule has 0 saturated heterocycles. The van der Waals surface area contributed by atoms with Gasteiger partial charge in [-0.1, -0.05) is 48.0 Å². The number of ether oxygens (including phenoxy) is 1. The topological polar surface area (TPSA) is 75.7 Å². The number of aryl methyl sites for hydroxylation is 1. The van der Waals surface area contributed by atoms with E-state index in [1.165, 1.54) is 23.3 Å². The Hall–Kier alpha value is -2.97. The van der Waals surface area contributed by atoms with Gasteiger partial charge in [0.05, 0.1) is 17.2 Å². The molecule has 0 unspecified atom stereocenters. The molecule has 0 atom stereocenters. The maximum atomic E-state index is 13.4. The summed E-state index contributed by atoms with van der Waals surface area (Å²) in [4.78, 5) is 12.9. The van der Waals surface area contributed by atoms with E-state index in [9.17, 15) is 13.2 Å². The number of amides is 1. The van der Waals surface area contributed by atoms with Gasteiger partial charge >= 0.3 is 0 Å². The van der Waals surface area contributed by atoms with Crippen LogP contribution < -0.4 is 14.4 Å². The highest BCUT2D eigenvalue weighted by atomic mass is 32.2. The van der Waals surface area contributed by atoms with Crippen LogP contribution in [0.15, 0.2) is 83.8 Å². The third kappa shape index (κ3) is 8.04. The predicted molar refractivity (Wildman–Crippen MR) is 144 cm³/mol. The van der Waals surface area contributed by atoms with Gasteiger partial charge in [-0.15, -0.1) is 0 Å². The first-order valence-electron chi connectivity index (χ1n) is 11.6. The van der Waals surface area contributed by atoms with E-state index in [4.69, 9.17) is 4.74 Å². The molecule has 0 fully saturated rings. The van der Waals surface area contributed by atoms with Gasteiger partial charge in [-0.2, -0.15) is 11.8 Å². The molecule has 0 saturated carbocycles. The molecule has 1 amide bonds. The first kappa shape index (κ1) is 26.6. The minimum absolute atomic E-state index is 0.134. The smallest absolute Gasteiger partial charge is 0.264 e. The number of nitrogens with zero attached hydrogens (tertiary/aromatic N) is 1. The second kappa shape index (κ2) is 13.2. The number of thioether (sulfide) groups is 1. The van der Waals surface area contributed by atoms with E-state index in [0.29, 0.717) is 24.6 Å². The average molecular weight is 513 g/mol. The number of hydrogen-bond acceptors (Lipinski definition) is 5. The molecule has 3 aromatic carbocycles. The van der Waals surface area contributed by atoms with Crippen molar-refractivity contribution in [2.24, 2.45) is 0 Å². The Kier molecular flexibility index (Phi) is 10.0. The van der Waals surface area contributed by atoms with Crippen molar-refractivity contribution < 1.29 is 17.9 Å². The summed E-state index contributed by atoms with van der Waals surface area (Å²) >= 11 is 1.81. The molecule has 0 aliphatic rings. The van der Waals surface area contributed by atoms with Crippen LogP contribution >= 0.6 is 11.8 Å². The Bertz CT molecular complexity index is 1180. The van der Waals surface area contributed by atoms with Crippen LogP contribution in [0.5, 0.6) is 5.75 Å². The molecule has 6 nitrogen and oxygen atoms in total. The van der Waals surface area contributed by atoms with E-state index < -0.39 is 10.0 Å². The summed E-state index contributed by atoms with van der Waals surface area (Å²) < 4.78 is 33.3. The molecule has 0 heterocycles. The lowest BCUT2D eigenvalue weighted by molar-refractivity contribution is -0.119. The summed E-state index contributed by atoms with van der Waals surface area (Å²) in [6, 6.07) is 23.3. The molecule has 3 rings (SSSR count). The normalized spacial score (nSPS) is 11.1. The largest absolute Gasteiger partial charge is 0.494 e. The minimum atomic E-state index is -3.92. The maximum Gasteiger partial charge on any atom is 0.264 e. The van der Waals surface area contributed by atoms with Crippen LogP contribution in [0.2, 0.25) is 0 Å². The zero-order chi connectivity index (χ0) is 25.1. The zero-order valence-corrected chi connectivity index (χ0v) is 21.8. The lowest BCUT2D eigenvalue weighted by Gasteiger charge is -2.24. The fraction of sp³-hybridized carbons (Fsp3) is 0.296. The lowest BCUT2D eigenvalue weighted by atomic mass is 10.2. The maximum absolute atomic E-state index is 13.4. The molecular weight excluding hydrogens is 480 g/mol. The molecule has 0 radical (unpaired) electrons. The van der Waals surface area contributed by atoms with Crippen molar-refractivity contribution >= 4 is 33.4 Å². The van der Waals surface area contributed by atoms with Crippen LogP contribution in [-0.4, -0.2) is 39.8 Å². The molecule has 186 valence electrons. The molecule has 35 heavy (non-hydrogen) atoms. The Labute approximate surface area is 212 Å². The summed E-state index contributed by atoms with van der Waals surface area (Å²) in [6.07, 6.45) is 0.802. The van der Waals surface area contributed by atoms with Gasteiger partial charge in [-0.3, -0.25) is 9.10 Å². The highest BCUT2D eigenvalue weighted by Gasteiger charge is 2.27. The number of sulfonamides is 1. The van der Waals surface area contributed by atoms with E-state index in [1.807, 2.05) is 18.7 Å². The van der Waals surface area contributed by atoms with Crippen molar-refractivity contribution in [3.63, 3.8) is 0 Å². The standard InChI is InChI=1S/C27H32N2O4S2/c1-3-33-25-15-13-24(14-16-25)29(35(31,32)26-11-5-4-6-12-26)20-27(30)28-17-8-18-34-21-23-10-7-9-22(2)19-23/h4-7,9-16,19H,3,8,17-18,20-21H2,1-2H3,(H,28,30). The Morgan fingerprint density at radius 3 is 2.43 bits per heavy atom. The van der Waals surface area contributed by atoms with Crippen LogP contribution in [0.25, 0.3) is 0 Å². The third-order valence-corrected chi connectivity index (χ3v) is 8.10. The fourth-order valence-corrected chi connectivity index (χ4v) is 5.84. The van der Waals surface area contributed by atoms with Gasteiger partial charge in [-0.05, 0) is 68.0 Å². The molecule has 0 spiro atoms. The highest BCUT2D eigenvalue weighted by molar-refractivity contribution is 7.98. The summed E-state index contributed by atoms with van der Waals surface area (Å²) in [7, 11) is -3.92. The second-order valence-electron chi connectivity index (χ2n) is 8.00. The van der Waals surface area contributed by atoms with Crippen molar-refractivity contribution in [3.05, 3.63) is 90.0 Å². The van der Waals surface area contributed by atoms with Crippen LogP contribution in [0, 0.1) is 6.92 Å². The molecule has 0 aliphatic heterocycles. The van der Waals surface area contributed by atoms with Crippen LogP contribution in [0.3, 0.4) is 0 Å². The first-order valence-corrected chi connectivity index (χ1v) is 14.2.